The van der Waals surface area contributed by atoms with Crippen molar-refractivity contribution in [3.8, 4) is 11.5 Å². The van der Waals surface area contributed by atoms with Crippen LogP contribution < -0.4 is 20.5 Å². The maximum Gasteiger partial charge on any atom is 0.226 e. The van der Waals surface area contributed by atoms with Crippen molar-refractivity contribution in [3.05, 3.63) is 28.6 Å². The monoisotopic (exact) mass is 333 g/mol. The maximum atomic E-state index is 12.0. The molecule has 1 atom stereocenters. The summed E-state index contributed by atoms with van der Waals surface area (Å²) in [7, 11) is 1.61. The SMILES string of the molecule is COc1ccc(C2CC(=O)Nc3nc(N)sc32)cc1OC(C)C. The number of nitrogen functional groups attached to an aromatic ring is 1. The van der Waals surface area contributed by atoms with Gasteiger partial charge in [0.2, 0.25) is 5.91 Å². The quantitative estimate of drug-likeness (QED) is 0.898. The lowest BCUT2D eigenvalue weighted by atomic mass is 9.91. The average molecular weight is 333 g/mol. The molecule has 7 heteroatoms. The average Bonchev–Trinajstić information content (AvgIpc) is 2.85. The zero-order valence-electron chi connectivity index (χ0n) is 13.3. The van der Waals surface area contributed by atoms with Gasteiger partial charge in [-0.2, -0.15) is 0 Å². The molecule has 23 heavy (non-hydrogen) atoms. The summed E-state index contributed by atoms with van der Waals surface area (Å²) in [6.45, 7) is 3.92. The fourth-order valence-electron chi connectivity index (χ4n) is 2.66. The normalized spacial score (nSPS) is 16.9. The van der Waals surface area contributed by atoms with Gasteiger partial charge in [-0.05, 0) is 31.5 Å². The zero-order valence-corrected chi connectivity index (χ0v) is 14.1. The van der Waals surface area contributed by atoms with Crippen molar-refractivity contribution >= 4 is 28.2 Å². The first-order valence-corrected chi connectivity index (χ1v) is 8.20. The number of anilines is 2. The lowest BCUT2D eigenvalue weighted by Crippen LogP contribution is -2.22. The largest absolute Gasteiger partial charge is 0.493 e. The first kappa shape index (κ1) is 15.6. The van der Waals surface area contributed by atoms with Gasteiger partial charge in [-0.15, -0.1) is 0 Å². The highest BCUT2D eigenvalue weighted by atomic mass is 32.1. The molecule has 0 saturated carbocycles. The van der Waals surface area contributed by atoms with Crippen molar-refractivity contribution in [1.82, 2.24) is 4.98 Å². The van der Waals surface area contributed by atoms with E-state index in [1.165, 1.54) is 11.3 Å². The molecule has 1 unspecified atom stereocenters. The van der Waals surface area contributed by atoms with Gasteiger partial charge in [-0.25, -0.2) is 4.98 Å². The highest BCUT2D eigenvalue weighted by Gasteiger charge is 2.30. The van der Waals surface area contributed by atoms with Crippen molar-refractivity contribution in [2.24, 2.45) is 0 Å². The number of nitrogens with one attached hydrogen (secondary N) is 1. The Morgan fingerprint density at radius 1 is 1.39 bits per heavy atom. The number of rotatable bonds is 4. The maximum absolute atomic E-state index is 12.0. The standard InChI is InChI=1S/C16H19N3O3S/c1-8(2)22-12-6-9(4-5-11(12)21-3)10-7-13(20)18-15-14(10)23-16(17)19-15/h4-6,8,10H,7H2,1-3H3,(H2,17,19)(H,18,20). The third-order valence-corrected chi connectivity index (χ3v) is 4.58. The Morgan fingerprint density at radius 3 is 2.87 bits per heavy atom. The van der Waals surface area contributed by atoms with E-state index < -0.39 is 0 Å². The number of carbonyl (C=O) groups excluding carboxylic acids is 1. The summed E-state index contributed by atoms with van der Waals surface area (Å²) < 4.78 is 11.2. The number of hydrogen-bond donors (Lipinski definition) is 2. The van der Waals surface area contributed by atoms with E-state index in [0.29, 0.717) is 28.9 Å². The Balaban J connectivity index is 2.03. The number of nitrogens with two attached hydrogens (primary N) is 1. The predicted octanol–water partition coefficient (Wildman–Crippen LogP) is 3.00. The number of methoxy groups -OCH3 is 1. The second-order valence-electron chi connectivity index (χ2n) is 5.65. The van der Waals surface area contributed by atoms with Crippen molar-refractivity contribution in [3.63, 3.8) is 0 Å². The number of nitrogens with zero attached hydrogens (tertiary/aromatic N) is 1. The molecule has 1 amide bonds. The van der Waals surface area contributed by atoms with Crippen LogP contribution in [-0.2, 0) is 4.79 Å². The third-order valence-electron chi connectivity index (χ3n) is 3.59. The molecule has 3 N–H and O–H groups in total. The molecule has 122 valence electrons. The van der Waals surface area contributed by atoms with Crippen LogP contribution in [0.5, 0.6) is 11.5 Å². The van der Waals surface area contributed by atoms with Crippen molar-refractivity contribution in [2.45, 2.75) is 32.3 Å². The van der Waals surface area contributed by atoms with E-state index in [0.717, 1.165) is 10.4 Å². The van der Waals surface area contributed by atoms with Crippen LogP contribution in [0.2, 0.25) is 0 Å². The van der Waals surface area contributed by atoms with Gasteiger partial charge >= 0.3 is 0 Å². The van der Waals surface area contributed by atoms with Crippen molar-refractivity contribution < 1.29 is 14.3 Å². The second kappa shape index (κ2) is 6.08. The van der Waals surface area contributed by atoms with Gasteiger partial charge in [-0.1, -0.05) is 17.4 Å². The molecule has 2 heterocycles. The zero-order chi connectivity index (χ0) is 16.6. The fraction of sp³-hybridized carbons (Fsp3) is 0.375. The Bertz CT molecular complexity index is 742. The van der Waals surface area contributed by atoms with Crippen molar-refractivity contribution in [2.75, 3.05) is 18.2 Å². The molecule has 0 saturated heterocycles. The summed E-state index contributed by atoms with van der Waals surface area (Å²) in [5.41, 5.74) is 6.78. The predicted molar refractivity (Wildman–Crippen MR) is 90.4 cm³/mol. The van der Waals surface area contributed by atoms with Crippen LogP contribution in [0, 0.1) is 0 Å². The Morgan fingerprint density at radius 2 is 2.17 bits per heavy atom. The molecule has 0 fully saturated rings. The smallest absolute Gasteiger partial charge is 0.226 e. The fourth-order valence-corrected chi connectivity index (χ4v) is 3.58. The van der Waals surface area contributed by atoms with E-state index >= 15 is 0 Å². The topological polar surface area (TPSA) is 86.5 Å². The Hall–Kier alpha value is -2.28. The van der Waals surface area contributed by atoms with Gasteiger partial charge in [0.15, 0.2) is 16.6 Å². The molecular formula is C16H19N3O3S. The van der Waals surface area contributed by atoms with Crippen LogP contribution in [0.1, 0.15) is 36.6 Å². The van der Waals surface area contributed by atoms with Crippen molar-refractivity contribution in [1.29, 1.82) is 0 Å². The number of ether oxygens (including phenoxy) is 2. The first-order valence-electron chi connectivity index (χ1n) is 7.38. The molecule has 6 nitrogen and oxygen atoms in total. The van der Waals surface area contributed by atoms with Gasteiger partial charge in [0.25, 0.3) is 0 Å². The molecule has 1 aliphatic heterocycles. The van der Waals surface area contributed by atoms with Crippen LogP contribution in [-0.4, -0.2) is 24.1 Å². The molecule has 0 spiro atoms. The van der Waals surface area contributed by atoms with Gasteiger partial charge < -0.3 is 20.5 Å². The minimum atomic E-state index is -0.0750. The van der Waals surface area contributed by atoms with Gasteiger partial charge in [0, 0.05) is 12.3 Å². The number of amides is 1. The van der Waals surface area contributed by atoms with Gasteiger partial charge in [0.1, 0.15) is 5.82 Å². The number of carbonyl (C=O) groups is 1. The van der Waals surface area contributed by atoms with E-state index in [2.05, 4.69) is 10.3 Å². The van der Waals surface area contributed by atoms with E-state index in [-0.39, 0.29) is 17.9 Å². The molecule has 0 bridgehead atoms. The van der Waals surface area contributed by atoms with E-state index in [9.17, 15) is 4.79 Å². The van der Waals surface area contributed by atoms with Crippen LogP contribution >= 0.6 is 11.3 Å². The molecule has 2 aromatic rings. The highest BCUT2D eigenvalue weighted by Crippen LogP contribution is 2.43. The lowest BCUT2D eigenvalue weighted by Gasteiger charge is -2.23. The molecule has 1 aliphatic rings. The number of aromatic nitrogens is 1. The number of hydrogen-bond acceptors (Lipinski definition) is 6. The summed E-state index contributed by atoms with van der Waals surface area (Å²) in [4.78, 5) is 17.1. The summed E-state index contributed by atoms with van der Waals surface area (Å²) in [6, 6.07) is 5.75. The van der Waals surface area contributed by atoms with E-state index in [1.807, 2.05) is 32.0 Å². The minimum absolute atomic E-state index is 0.0309. The van der Waals surface area contributed by atoms with Crippen LogP contribution in [0.4, 0.5) is 10.9 Å². The second-order valence-corrected chi connectivity index (χ2v) is 6.71. The number of thiazole rings is 1. The molecule has 3 rings (SSSR count). The molecule has 1 aromatic carbocycles. The first-order chi connectivity index (χ1) is 11.0. The molecule has 0 radical (unpaired) electrons. The van der Waals surface area contributed by atoms with Crippen LogP contribution in [0.25, 0.3) is 0 Å². The molecule has 0 aliphatic carbocycles. The molecular weight excluding hydrogens is 314 g/mol. The highest BCUT2D eigenvalue weighted by molar-refractivity contribution is 7.16. The minimum Gasteiger partial charge on any atom is -0.493 e. The molecule has 1 aromatic heterocycles. The van der Waals surface area contributed by atoms with Gasteiger partial charge in [-0.3, -0.25) is 4.79 Å². The summed E-state index contributed by atoms with van der Waals surface area (Å²) in [6.07, 6.45) is 0.394. The number of benzene rings is 1. The van der Waals surface area contributed by atoms with E-state index in [1.54, 1.807) is 7.11 Å². The number of fused-ring (bicyclic) bond motifs is 1. The summed E-state index contributed by atoms with van der Waals surface area (Å²) in [5.74, 6) is 1.77. The summed E-state index contributed by atoms with van der Waals surface area (Å²) >= 11 is 1.40. The van der Waals surface area contributed by atoms with Crippen LogP contribution in [0.3, 0.4) is 0 Å². The lowest BCUT2D eigenvalue weighted by molar-refractivity contribution is -0.116. The van der Waals surface area contributed by atoms with Gasteiger partial charge in [0.05, 0.1) is 18.1 Å². The van der Waals surface area contributed by atoms with E-state index in [4.69, 9.17) is 15.2 Å². The third kappa shape index (κ3) is 3.10. The van der Waals surface area contributed by atoms with Crippen LogP contribution in [0.15, 0.2) is 18.2 Å². The summed E-state index contributed by atoms with van der Waals surface area (Å²) in [5, 5.41) is 3.23. The Kier molecular flexibility index (Phi) is 4.12. The Labute approximate surface area is 138 Å².